The number of nitrogens with zero attached hydrogens (tertiary/aromatic N) is 1. The highest BCUT2D eigenvalue weighted by atomic mass is 16.2. The molecule has 3 heteroatoms. The molecule has 3 nitrogen and oxygen atoms in total. The maximum absolute atomic E-state index is 12.1. The number of hydrogen-bond donors (Lipinski definition) is 1. The minimum atomic E-state index is -0.158. The second-order valence-electron chi connectivity index (χ2n) is 5.38. The molecule has 0 saturated carbocycles. The number of amides is 1. The van der Waals surface area contributed by atoms with Crippen LogP contribution < -0.4 is 5.43 Å². The highest BCUT2D eigenvalue weighted by Crippen LogP contribution is 2.21. The second kappa shape index (κ2) is 5.92. The van der Waals surface area contributed by atoms with E-state index in [4.69, 9.17) is 0 Å². The van der Waals surface area contributed by atoms with Crippen LogP contribution in [0.4, 0.5) is 0 Å². The molecule has 0 spiro atoms. The molecular weight excluding hydrogens is 260 g/mol. The van der Waals surface area contributed by atoms with E-state index in [1.165, 1.54) is 5.56 Å². The molecule has 21 heavy (non-hydrogen) atoms. The zero-order valence-corrected chi connectivity index (χ0v) is 12.1. The lowest BCUT2D eigenvalue weighted by atomic mass is 9.90. The molecule has 0 atom stereocenters. The Morgan fingerprint density at radius 3 is 2.81 bits per heavy atom. The number of rotatable bonds is 2. The van der Waals surface area contributed by atoms with E-state index in [1.807, 2.05) is 37.3 Å². The lowest BCUT2D eigenvalue weighted by Crippen LogP contribution is -2.22. The van der Waals surface area contributed by atoms with Gasteiger partial charge in [0.25, 0.3) is 5.91 Å². The van der Waals surface area contributed by atoms with Crippen molar-refractivity contribution in [3.63, 3.8) is 0 Å². The minimum absolute atomic E-state index is 0.158. The number of benzene rings is 2. The van der Waals surface area contributed by atoms with E-state index in [0.29, 0.717) is 5.56 Å². The molecule has 0 saturated heterocycles. The molecule has 1 aliphatic carbocycles. The van der Waals surface area contributed by atoms with Crippen molar-refractivity contribution in [3.05, 3.63) is 70.8 Å². The van der Waals surface area contributed by atoms with E-state index >= 15 is 0 Å². The smallest absolute Gasteiger partial charge is 0.267 e. The Hall–Kier alpha value is -2.42. The van der Waals surface area contributed by atoms with Crippen molar-refractivity contribution in [2.24, 2.45) is 5.10 Å². The molecule has 0 radical (unpaired) electrons. The zero-order chi connectivity index (χ0) is 14.7. The maximum Gasteiger partial charge on any atom is 0.271 e. The minimum Gasteiger partial charge on any atom is -0.267 e. The maximum atomic E-state index is 12.1. The Bertz CT molecular complexity index is 704. The van der Waals surface area contributed by atoms with Gasteiger partial charge in [-0.1, -0.05) is 42.0 Å². The SMILES string of the molecule is Cc1cccc(C(=O)N/N=C2\CCCc3ccccc32)c1. The lowest BCUT2D eigenvalue weighted by molar-refractivity contribution is 0.0954. The molecule has 0 fully saturated rings. The molecule has 0 heterocycles. The van der Waals surface area contributed by atoms with Crippen LogP contribution in [0.5, 0.6) is 0 Å². The van der Waals surface area contributed by atoms with Crippen LogP contribution in [0.15, 0.2) is 53.6 Å². The molecule has 0 aliphatic heterocycles. The molecule has 2 aromatic rings. The van der Waals surface area contributed by atoms with Gasteiger partial charge in [0.05, 0.1) is 5.71 Å². The zero-order valence-electron chi connectivity index (χ0n) is 12.1. The Balaban J connectivity index is 1.79. The standard InChI is InChI=1S/C18H18N2O/c1-13-6-4-9-15(12-13)18(21)20-19-17-11-5-8-14-7-2-3-10-16(14)17/h2-4,6-7,9-10,12H,5,8,11H2,1H3,(H,20,21)/b19-17+. The van der Waals surface area contributed by atoms with Crippen LogP contribution in [0.3, 0.4) is 0 Å². The summed E-state index contributed by atoms with van der Waals surface area (Å²) < 4.78 is 0. The fourth-order valence-corrected chi connectivity index (χ4v) is 2.69. The van der Waals surface area contributed by atoms with E-state index in [-0.39, 0.29) is 5.91 Å². The molecule has 0 unspecified atom stereocenters. The van der Waals surface area contributed by atoms with Crippen molar-refractivity contribution in [1.29, 1.82) is 0 Å². The summed E-state index contributed by atoms with van der Waals surface area (Å²) in [4.78, 5) is 12.1. The Kier molecular flexibility index (Phi) is 3.82. The number of carbonyl (C=O) groups excluding carboxylic acids is 1. The van der Waals surface area contributed by atoms with E-state index < -0.39 is 0 Å². The van der Waals surface area contributed by atoms with Crippen LogP contribution in [0.1, 0.15) is 39.9 Å². The lowest BCUT2D eigenvalue weighted by Gasteiger charge is -2.17. The van der Waals surface area contributed by atoms with Gasteiger partial charge in [-0.3, -0.25) is 4.79 Å². The van der Waals surface area contributed by atoms with Gasteiger partial charge in [0.1, 0.15) is 0 Å². The van der Waals surface area contributed by atoms with Gasteiger partial charge >= 0.3 is 0 Å². The summed E-state index contributed by atoms with van der Waals surface area (Å²) >= 11 is 0. The summed E-state index contributed by atoms with van der Waals surface area (Å²) in [6.07, 6.45) is 3.07. The molecule has 2 aromatic carbocycles. The third-order valence-corrected chi connectivity index (χ3v) is 3.76. The number of carbonyl (C=O) groups is 1. The summed E-state index contributed by atoms with van der Waals surface area (Å²) in [5.41, 5.74) is 7.84. The van der Waals surface area contributed by atoms with Crippen molar-refractivity contribution >= 4 is 11.6 Å². The summed E-state index contributed by atoms with van der Waals surface area (Å²) in [6.45, 7) is 1.97. The number of aryl methyl sites for hydroxylation is 2. The van der Waals surface area contributed by atoms with Crippen LogP contribution >= 0.6 is 0 Å². The monoisotopic (exact) mass is 278 g/mol. The first-order chi connectivity index (χ1) is 10.2. The van der Waals surface area contributed by atoms with E-state index in [9.17, 15) is 4.79 Å². The molecule has 106 valence electrons. The van der Waals surface area contributed by atoms with Crippen LogP contribution in [-0.2, 0) is 6.42 Å². The highest BCUT2D eigenvalue weighted by molar-refractivity contribution is 6.04. The van der Waals surface area contributed by atoms with Gasteiger partial charge in [0, 0.05) is 11.1 Å². The first-order valence-corrected chi connectivity index (χ1v) is 7.26. The number of hydrazone groups is 1. The van der Waals surface area contributed by atoms with Gasteiger partial charge in [0.15, 0.2) is 0 Å². The van der Waals surface area contributed by atoms with E-state index in [0.717, 1.165) is 36.1 Å². The normalized spacial score (nSPS) is 15.6. The van der Waals surface area contributed by atoms with Crippen LogP contribution in [0, 0.1) is 6.92 Å². The van der Waals surface area contributed by atoms with Crippen molar-refractivity contribution in [1.82, 2.24) is 5.43 Å². The average molecular weight is 278 g/mol. The molecule has 1 N–H and O–H groups in total. The van der Waals surface area contributed by atoms with Crippen molar-refractivity contribution < 1.29 is 4.79 Å². The van der Waals surface area contributed by atoms with Gasteiger partial charge in [-0.15, -0.1) is 0 Å². The van der Waals surface area contributed by atoms with Gasteiger partial charge in [-0.2, -0.15) is 5.10 Å². The topological polar surface area (TPSA) is 41.5 Å². The molecule has 0 aromatic heterocycles. The summed E-state index contributed by atoms with van der Waals surface area (Å²) in [5, 5.41) is 4.35. The summed E-state index contributed by atoms with van der Waals surface area (Å²) in [5.74, 6) is -0.158. The number of hydrogen-bond acceptors (Lipinski definition) is 2. The molecule has 1 aliphatic rings. The third kappa shape index (κ3) is 3.02. The largest absolute Gasteiger partial charge is 0.271 e. The Labute approximate surface area is 124 Å². The molecular formula is C18H18N2O. The Morgan fingerprint density at radius 2 is 1.95 bits per heavy atom. The van der Waals surface area contributed by atoms with Crippen molar-refractivity contribution in [2.75, 3.05) is 0 Å². The predicted molar refractivity (Wildman–Crippen MR) is 84.6 cm³/mol. The van der Waals surface area contributed by atoms with Gasteiger partial charge < -0.3 is 0 Å². The fourth-order valence-electron chi connectivity index (χ4n) is 2.69. The van der Waals surface area contributed by atoms with Crippen LogP contribution in [0.25, 0.3) is 0 Å². The Morgan fingerprint density at radius 1 is 1.10 bits per heavy atom. The first-order valence-electron chi connectivity index (χ1n) is 7.26. The highest BCUT2D eigenvalue weighted by Gasteiger charge is 2.15. The van der Waals surface area contributed by atoms with E-state index in [2.05, 4.69) is 22.7 Å². The van der Waals surface area contributed by atoms with Gasteiger partial charge in [-0.25, -0.2) is 5.43 Å². The quantitative estimate of drug-likeness (QED) is 0.840. The summed E-state index contributed by atoms with van der Waals surface area (Å²) in [7, 11) is 0. The fraction of sp³-hybridized carbons (Fsp3) is 0.222. The average Bonchev–Trinajstić information content (AvgIpc) is 2.52. The van der Waals surface area contributed by atoms with Gasteiger partial charge in [-0.05, 0) is 43.9 Å². The van der Waals surface area contributed by atoms with Crippen molar-refractivity contribution in [2.45, 2.75) is 26.2 Å². The number of fused-ring (bicyclic) bond motifs is 1. The van der Waals surface area contributed by atoms with Crippen molar-refractivity contribution in [3.8, 4) is 0 Å². The molecule has 0 bridgehead atoms. The van der Waals surface area contributed by atoms with Crippen LogP contribution in [0.2, 0.25) is 0 Å². The third-order valence-electron chi connectivity index (χ3n) is 3.76. The van der Waals surface area contributed by atoms with Gasteiger partial charge in [0.2, 0.25) is 0 Å². The number of nitrogens with one attached hydrogen (secondary N) is 1. The predicted octanol–water partition coefficient (Wildman–Crippen LogP) is 3.47. The first kappa shape index (κ1) is 13.6. The molecule has 3 rings (SSSR count). The van der Waals surface area contributed by atoms with E-state index in [1.54, 1.807) is 6.07 Å². The molecule has 1 amide bonds. The van der Waals surface area contributed by atoms with Crippen LogP contribution in [-0.4, -0.2) is 11.6 Å². The second-order valence-corrected chi connectivity index (χ2v) is 5.38. The summed E-state index contributed by atoms with van der Waals surface area (Å²) in [6, 6.07) is 15.8.